The monoisotopic (exact) mass is 351 g/mol. The van der Waals surface area contributed by atoms with E-state index < -0.39 is 0 Å². The third-order valence-corrected chi connectivity index (χ3v) is 4.33. The Morgan fingerprint density at radius 3 is 3.04 bits per heavy atom. The summed E-state index contributed by atoms with van der Waals surface area (Å²) in [4.78, 5) is 26.8. The summed E-state index contributed by atoms with van der Waals surface area (Å²) in [6.07, 6.45) is 5.43. The summed E-state index contributed by atoms with van der Waals surface area (Å²) in [5.41, 5.74) is 2.88. The van der Waals surface area contributed by atoms with Gasteiger partial charge in [-0.2, -0.15) is 4.98 Å². The molecule has 0 atom stereocenters. The molecule has 0 saturated heterocycles. The minimum absolute atomic E-state index is 0.218. The average Bonchev–Trinajstić information content (AvgIpc) is 3.03. The van der Waals surface area contributed by atoms with Crippen LogP contribution in [0, 0.1) is 0 Å². The molecule has 7 heteroatoms. The van der Waals surface area contributed by atoms with Crippen molar-refractivity contribution in [3.8, 4) is 0 Å². The molecule has 2 aromatic heterocycles. The second kappa shape index (κ2) is 6.14. The van der Waals surface area contributed by atoms with Crippen LogP contribution in [0.5, 0.6) is 0 Å². The predicted octanol–water partition coefficient (Wildman–Crippen LogP) is 3.50. The lowest BCUT2D eigenvalue weighted by Gasteiger charge is -2.21. The number of hydrogen-bond acceptors (Lipinski definition) is 5. The quantitative estimate of drug-likeness (QED) is 0.731. The molecule has 0 fully saturated rings. The highest BCUT2D eigenvalue weighted by molar-refractivity contribution is 6.31. The van der Waals surface area contributed by atoms with Crippen molar-refractivity contribution in [1.29, 1.82) is 0 Å². The van der Waals surface area contributed by atoms with Gasteiger partial charge >= 0.3 is 0 Å². The van der Waals surface area contributed by atoms with Crippen LogP contribution in [0.2, 0.25) is 5.02 Å². The summed E-state index contributed by atoms with van der Waals surface area (Å²) in [6, 6.07) is 7.72. The van der Waals surface area contributed by atoms with Gasteiger partial charge in [-0.15, -0.1) is 0 Å². The summed E-state index contributed by atoms with van der Waals surface area (Å²) in [6.45, 7) is 4.23. The third kappa shape index (κ3) is 2.81. The van der Waals surface area contributed by atoms with Crippen LogP contribution in [-0.2, 0) is 11.2 Å². The topological polar surface area (TPSA) is 71.0 Å². The van der Waals surface area contributed by atoms with E-state index in [1.165, 1.54) is 11.6 Å². The van der Waals surface area contributed by atoms with Gasteiger partial charge in [-0.1, -0.05) is 24.2 Å². The number of hydrogen-bond donors (Lipinski definition) is 1. The first-order valence-corrected chi connectivity index (χ1v) is 8.14. The van der Waals surface area contributed by atoms with Crippen molar-refractivity contribution < 1.29 is 4.79 Å². The van der Waals surface area contributed by atoms with Crippen LogP contribution < -0.4 is 10.2 Å². The lowest BCUT2D eigenvalue weighted by Crippen LogP contribution is -2.18. The molecule has 4 rings (SSSR count). The van der Waals surface area contributed by atoms with Gasteiger partial charge in [0.25, 0.3) is 0 Å². The van der Waals surface area contributed by atoms with Crippen molar-refractivity contribution in [3.63, 3.8) is 0 Å². The maximum absolute atomic E-state index is 11.6. The van der Waals surface area contributed by atoms with E-state index in [-0.39, 0.29) is 11.9 Å². The average molecular weight is 352 g/mol. The zero-order valence-electron chi connectivity index (χ0n) is 13.2. The lowest BCUT2D eigenvalue weighted by atomic mass is 10.2. The van der Waals surface area contributed by atoms with Crippen molar-refractivity contribution in [2.75, 3.05) is 16.8 Å². The Balaban J connectivity index is 1.88. The molecule has 1 aliphatic heterocycles. The third-order valence-electron chi connectivity index (χ3n) is 4.10. The van der Waals surface area contributed by atoms with E-state index in [0.29, 0.717) is 16.4 Å². The Bertz CT molecular complexity index is 1000. The summed E-state index contributed by atoms with van der Waals surface area (Å²) in [7, 11) is 0. The number of nitrogens with zero attached hydrogens (tertiary/aromatic N) is 4. The van der Waals surface area contributed by atoms with E-state index in [1.54, 1.807) is 12.4 Å². The summed E-state index contributed by atoms with van der Waals surface area (Å²) in [5, 5.41) is 4.16. The normalized spacial score (nSPS) is 12.9. The first-order chi connectivity index (χ1) is 12.2. The van der Waals surface area contributed by atoms with Crippen molar-refractivity contribution in [2.45, 2.75) is 6.42 Å². The number of fused-ring (bicyclic) bond motifs is 2. The number of aromatic nitrogens is 3. The number of anilines is 3. The first kappa shape index (κ1) is 15.5. The molecule has 1 aliphatic rings. The molecule has 6 nitrogen and oxygen atoms in total. The Hall–Kier alpha value is -2.99. The van der Waals surface area contributed by atoms with Crippen LogP contribution in [0.25, 0.3) is 10.9 Å². The Kier molecular flexibility index (Phi) is 3.82. The van der Waals surface area contributed by atoms with E-state index in [1.807, 2.05) is 24.3 Å². The molecule has 25 heavy (non-hydrogen) atoms. The standard InChI is InChI=1S/C18H14ClN5O/c1-2-16(25)22-18-21-14-10-20-7-5-13(14)17(23-18)24-8-6-11-3-4-12(19)9-15(11)24/h2-5,7,9-10H,1,6,8H2,(H,21,22,23,25). The Morgan fingerprint density at radius 1 is 1.32 bits per heavy atom. The van der Waals surface area contributed by atoms with Gasteiger partial charge in [-0.3, -0.25) is 15.1 Å². The number of nitrogens with one attached hydrogen (secondary N) is 1. The Labute approximate surface area is 149 Å². The van der Waals surface area contributed by atoms with Gasteiger partial charge in [0.15, 0.2) is 0 Å². The SMILES string of the molecule is C=CC(=O)Nc1nc(N2CCc3ccc(Cl)cc32)c2ccncc2n1. The number of carbonyl (C=O) groups is 1. The van der Waals surface area contributed by atoms with Gasteiger partial charge in [0.2, 0.25) is 11.9 Å². The summed E-state index contributed by atoms with van der Waals surface area (Å²) < 4.78 is 0. The number of pyridine rings is 1. The molecular weight excluding hydrogens is 338 g/mol. The molecule has 3 heterocycles. The summed E-state index contributed by atoms with van der Waals surface area (Å²) >= 11 is 6.18. The number of benzene rings is 1. The molecule has 1 amide bonds. The second-order valence-corrected chi connectivity index (χ2v) is 6.07. The molecule has 0 bridgehead atoms. The molecule has 3 aromatic rings. The van der Waals surface area contributed by atoms with E-state index >= 15 is 0 Å². The van der Waals surface area contributed by atoms with Crippen molar-refractivity contribution in [1.82, 2.24) is 15.0 Å². The summed E-state index contributed by atoms with van der Waals surface area (Å²) in [5.74, 6) is 0.572. The van der Waals surface area contributed by atoms with Gasteiger partial charge in [0.1, 0.15) is 5.82 Å². The molecule has 0 aliphatic carbocycles. The molecule has 1 N–H and O–H groups in total. The molecule has 0 radical (unpaired) electrons. The highest BCUT2D eigenvalue weighted by Gasteiger charge is 2.24. The molecule has 1 aromatic carbocycles. The maximum Gasteiger partial charge on any atom is 0.250 e. The van der Waals surface area contributed by atoms with E-state index in [9.17, 15) is 4.79 Å². The maximum atomic E-state index is 11.6. The van der Waals surface area contributed by atoms with Crippen LogP contribution in [0.3, 0.4) is 0 Å². The van der Waals surface area contributed by atoms with Crippen LogP contribution in [0.4, 0.5) is 17.5 Å². The molecular formula is C18H14ClN5O. The minimum Gasteiger partial charge on any atom is -0.325 e. The van der Waals surface area contributed by atoms with E-state index in [4.69, 9.17) is 11.6 Å². The Morgan fingerprint density at radius 2 is 2.20 bits per heavy atom. The highest BCUT2D eigenvalue weighted by Crippen LogP contribution is 2.38. The lowest BCUT2D eigenvalue weighted by molar-refractivity contribution is -0.111. The number of amides is 1. The molecule has 0 spiro atoms. The first-order valence-electron chi connectivity index (χ1n) is 7.77. The van der Waals surface area contributed by atoms with Crippen molar-refractivity contribution >= 4 is 45.9 Å². The largest absolute Gasteiger partial charge is 0.325 e. The predicted molar refractivity (Wildman–Crippen MR) is 98.3 cm³/mol. The fourth-order valence-corrected chi connectivity index (χ4v) is 3.13. The second-order valence-electron chi connectivity index (χ2n) is 5.63. The number of rotatable bonds is 3. The fourth-order valence-electron chi connectivity index (χ4n) is 2.96. The van der Waals surface area contributed by atoms with Gasteiger partial charge in [0, 0.05) is 28.8 Å². The fraction of sp³-hybridized carbons (Fsp3) is 0.111. The zero-order chi connectivity index (χ0) is 17.4. The van der Waals surface area contributed by atoms with Crippen LogP contribution in [0.1, 0.15) is 5.56 Å². The molecule has 0 unspecified atom stereocenters. The highest BCUT2D eigenvalue weighted by atomic mass is 35.5. The van der Waals surface area contributed by atoms with Gasteiger partial charge in [-0.05, 0) is 36.3 Å². The zero-order valence-corrected chi connectivity index (χ0v) is 14.0. The van der Waals surface area contributed by atoms with Crippen molar-refractivity contribution in [3.05, 3.63) is 59.9 Å². The molecule has 0 saturated carbocycles. The van der Waals surface area contributed by atoms with Crippen LogP contribution in [0.15, 0.2) is 49.3 Å². The van der Waals surface area contributed by atoms with Crippen LogP contribution >= 0.6 is 11.6 Å². The van der Waals surface area contributed by atoms with E-state index in [2.05, 4.69) is 31.7 Å². The molecule has 124 valence electrons. The minimum atomic E-state index is -0.362. The van der Waals surface area contributed by atoms with E-state index in [0.717, 1.165) is 24.0 Å². The van der Waals surface area contributed by atoms with Crippen molar-refractivity contribution in [2.24, 2.45) is 0 Å². The van der Waals surface area contributed by atoms with Gasteiger partial charge in [0.05, 0.1) is 11.7 Å². The number of halogens is 1. The van der Waals surface area contributed by atoms with Crippen LogP contribution in [-0.4, -0.2) is 27.4 Å². The van der Waals surface area contributed by atoms with Gasteiger partial charge in [-0.25, -0.2) is 4.98 Å². The number of carbonyl (C=O) groups excluding carboxylic acids is 1. The smallest absolute Gasteiger partial charge is 0.250 e. The van der Waals surface area contributed by atoms with Gasteiger partial charge < -0.3 is 4.90 Å².